The summed E-state index contributed by atoms with van der Waals surface area (Å²) in [4.78, 5) is 8.70. The van der Waals surface area contributed by atoms with E-state index in [1.165, 1.54) is 25.0 Å². The summed E-state index contributed by atoms with van der Waals surface area (Å²) in [5.41, 5.74) is 2.57. The van der Waals surface area contributed by atoms with E-state index in [1.54, 1.807) is 12.1 Å². The van der Waals surface area contributed by atoms with Gasteiger partial charge in [0.1, 0.15) is 17.7 Å². The maximum absolute atomic E-state index is 13.1. The molecule has 1 aliphatic carbocycles. The second-order valence-electron chi connectivity index (χ2n) is 6.22. The SMILES string of the molecule is CC(Nc1nc(Cl)nc2c1COC2c1ccc(F)cc1)C1CC1. The molecule has 1 fully saturated rings. The van der Waals surface area contributed by atoms with Gasteiger partial charge in [0.25, 0.3) is 0 Å². The Morgan fingerprint density at radius 3 is 2.70 bits per heavy atom. The van der Waals surface area contributed by atoms with Crippen LogP contribution in [0.1, 0.15) is 42.7 Å². The number of nitrogens with one attached hydrogen (secondary N) is 1. The van der Waals surface area contributed by atoms with Gasteiger partial charge in [-0.1, -0.05) is 12.1 Å². The lowest BCUT2D eigenvalue weighted by atomic mass is 10.0. The molecule has 2 atom stereocenters. The largest absolute Gasteiger partial charge is 0.367 e. The standard InChI is InChI=1S/C17H17ClFN3O/c1-9(10-2-3-10)20-16-13-8-23-15(14(13)21-17(18)22-16)11-4-6-12(19)7-5-11/h4-7,9-10,15H,2-3,8H2,1H3,(H,20,21,22). The Labute approximate surface area is 139 Å². The van der Waals surface area contributed by atoms with E-state index in [4.69, 9.17) is 16.3 Å². The van der Waals surface area contributed by atoms with Crippen LogP contribution in [-0.4, -0.2) is 16.0 Å². The van der Waals surface area contributed by atoms with Crippen molar-refractivity contribution in [1.82, 2.24) is 9.97 Å². The van der Waals surface area contributed by atoms with Crippen molar-refractivity contribution in [3.63, 3.8) is 0 Å². The van der Waals surface area contributed by atoms with Crippen LogP contribution in [0.25, 0.3) is 0 Å². The minimum absolute atomic E-state index is 0.201. The molecule has 0 saturated heterocycles. The van der Waals surface area contributed by atoms with Gasteiger partial charge in [0.15, 0.2) is 0 Å². The maximum atomic E-state index is 13.1. The fourth-order valence-corrected chi connectivity index (χ4v) is 3.19. The van der Waals surface area contributed by atoms with Gasteiger partial charge in [-0.3, -0.25) is 0 Å². The van der Waals surface area contributed by atoms with Crippen LogP contribution in [0.2, 0.25) is 5.28 Å². The van der Waals surface area contributed by atoms with E-state index in [-0.39, 0.29) is 17.2 Å². The van der Waals surface area contributed by atoms with Gasteiger partial charge in [0.2, 0.25) is 5.28 Å². The lowest BCUT2D eigenvalue weighted by Gasteiger charge is -2.16. The van der Waals surface area contributed by atoms with Gasteiger partial charge in [-0.25, -0.2) is 14.4 Å². The van der Waals surface area contributed by atoms with Gasteiger partial charge >= 0.3 is 0 Å². The van der Waals surface area contributed by atoms with Crippen LogP contribution in [0.15, 0.2) is 24.3 Å². The summed E-state index contributed by atoms with van der Waals surface area (Å²) in [7, 11) is 0. The van der Waals surface area contributed by atoms with Crippen molar-refractivity contribution in [1.29, 1.82) is 0 Å². The van der Waals surface area contributed by atoms with Crippen LogP contribution in [-0.2, 0) is 11.3 Å². The first-order valence-electron chi connectivity index (χ1n) is 7.81. The summed E-state index contributed by atoms with van der Waals surface area (Å²) < 4.78 is 19.0. The second kappa shape index (κ2) is 5.73. The number of rotatable bonds is 4. The lowest BCUT2D eigenvalue weighted by molar-refractivity contribution is 0.0924. The van der Waals surface area contributed by atoms with Crippen molar-refractivity contribution < 1.29 is 9.13 Å². The van der Waals surface area contributed by atoms with E-state index < -0.39 is 0 Å². The maximum Gasteiger partial charge on any atom is 0.224 e. The fourth-order valence-electron chi connectivity index (χ4n) is 3.02. The summed E-state index contributed by atoms with van der Waals surface area (Å²) in [6.45, 7) is 2.58. The van der Waals surface area contributed by atoms with Crippen molar-refractivity contribution in [3.8, 4) is 0 Å². The fraction of sp³-hybridized carbons (Fsp3) is 0.412. The van der Waals surface area contributed by atoms with Crippen LogP contribution >= 0.6 is 11.6 Å². The van der Waals surface area contributed by atoms with E-state index in [9.17, 15) is 4.39 Å². The summed E-state index contributed by atoms with van der Waals surface area (Å²) >= 11 is 6.11. The van der Waals surface area contributed by atoms with Crippen LogP contribution in [0.5, 0.6) is 0 Å². The Kier molecular flexibility index (Phi) is 3.70. The molecule has 2 aliphatic rings. The van der Waals surface area contributed by atoms with Crippen LogP contribution in [0.4, 0.5) is 10.2 Å². The van der Waals surface area contributed by atoms with Crippen LogP contribution in [0.3, 0.4) is 0 Å². The number of fused-ring (bicyclic) bond motifs is 1. The van der Waals surface area contributed by atoms with Crippen molar-refractivity contribution in [3.05, 3.63) is 52.2 Å². The third-order valence-electron chi connectivity index (χ3n) is 4.52. The molecule has 6 heteroatoms. The Bertz CT molecular complexity index is 733. The Morgan fingerprint density at radius 1 is 1.26 bits per heavy atom. The molecule has 2 aromatic rings. The first-order valence-corrected chi connectivity index (χ1v) is 8.19. The summed E-state index contributed by atoms with van der Waals surface area (Å²) in [6, 6.07) is 6.63. The zero-order valence-corrected chi connectivity index (χ0v) is 13.5. The van der Waals surface area contributed by atoms with Crippen LogP contribution in [0, 0.1) is 11.7 Å². The molecular weight excluding hydrogens is 317 g/mol. The number of ether oxygens (including phenoxy) is 1. The highest BCUT2D eigenvalue weighted by atomic mass is 35.5. The van der Waals surface area contributed by atoms with Crippen molar-refractivity contribution >= 4 is 17.4 Å². The highest BCUT2D eigenvalue weighted by Crippen LogP contribution is 2.40. The Hall–Kier alpha value is -1.72. The quantitative estimate of drug-likeness (QED) is 0.856. The smallest absolute Gasteiger partial charge is 0.224 e. The third-order valence-corrected chi connectivity index (χ3v) is 4.69. The zero-order chi connectivity index (χ0) is 16.0. The summed E-state index contributed by atoms with van der Waals surface area (Å²) in [5, 5.41) is 3.65. The molecule has 4 rings (SSSR count). The molecular formula is C17H17ClFN3O. The van der Waals surface area contributed by atoms with Crippen molar-refractivity contribution in [2.24, 2.45) is 5.92 Å². The van der Waals surface area contributed by atoms with Gasteiger partial charge in [0, 0.05) is 11.6 Å². The molecule has 1 saturated carbocycles. The van der Waals surface area contributed by atoms with Gasteiger partial charge < -0.3 is 10.1 Å². The molecule has 1 aromatic carbocycles. The first-order chi connectivity index (χ1) is 11.1. The molecule has 0 spiro atoms. The van der Waals surface area contributed by atoms with E-state index in [0.29, 0.717) is 18.6 Å². The normalized spacial score (nSPS) is 21.1. The lowest BCUT2D eigenvalue weighted by Crippen LogP contribution is -2.19. The predicted octanol–water partition coefficient (Wildman–Crippen LogP) is 4.10. The molecule has 2 unspecified atom stereocenters. The van der Waals surface area contributed by atoms with Gasteiger partial charge in [-0.2, -0.15) is 0 Å². The molecule has 1 aliphatic heterocycles. The van der Waals surface area contributed by atoms with E-state index in [1.807, 2.05) is 0 Å². The van der Waals surface area contributed by atoms with Gasteiger partial charge in [-0.15, -0.1) is 0 Å². The molecule has 23 heavy (non-hydrogen) atoms. The number of aromatic nitrogens is 2. The van der Waals surface area contributed by atoms with E-state index in [0.717, 1.165) is 22.6 Å². The summed E-state index contributed by atoms with van der Waals surface area (Å²) in [6.07, 6.45) is 2.18. The average Bonchev–Trinajstić information content (AvgIpc) is 3.29. The number of nitrogens with zero attached hydrogens (tertiary/aromatic N) is 2. The molecule has 0 radical (unpaired) electrons. The zero-order valence-electron chi connectivity index (χ0n) is 12.7. The number of anilines is 1. The first kappa shape index (κ1) is 14.8. The highest BCUT2D eigenvalue weighted by Gasteiger charge is 2.33. The molecule has 2 heterocycles. The monoisotopic (exact) mass is 333 g/mol. The minimum Gasteiger partial charge on any atom is -0.367 e. The van der Waals surface area contributed by atoms with Crippen molar-refractivity contribution in [2.75, 3.05) is 5.32 Å². The number of halogens is 2. The second-order valence-corrected chi connectivity index (χ2v) is 6.56. The molecule has 1 N–H and O–H groups in total. The van der Waals surface area contributed by atoms with Gasteiger partial charge in [-0.05, 0) is 55.0 Å². The van der Waals surface area contributed by atoms with Gasteiger partial charge in [0.05, 0.1) is 12.3 Å². The number of hydrogen-bond acceptors (Lipinski definition) is 4. The molecule has 0 bridgehead atoms. The topological polar surface area (TPSA) is 47.0 Å². The number of benzene rings is 1. The highest BCUT2D eigenvalue weighted by molar-refractivity contribution is 6.28. The predicted molar refractivity (Wildman–Crippen MR) is 85.9 cm³/mol. The average molecular weight is 334 g/mol. The van der Waals surface area contributed by atoms with Crippen molar-refractivity contribution in [2.45, 2.75) is 38.5 Å². The molecule has 4 nitrogen and oxygen atoms in total. The van der Waals surface area contributed by atoms with E-state index in [2.05, 4.69) is 22.2 Å². The minimum atomic E-state index is -0.331. The van der Waals surface area contributed by atoms with E-state index >= 15 is 0 Å². The Morgan fingerprint density at radius 2 is 2.00 bits per heavy atom. The number of hydrogen-bond donors (Lipinski definition) is 1. The molecule has 120 valence electrons. The summed E-state index contributed by atoms with van der Waals surface area (Å²) in [5.74, 6) is 1.19. The van der Waals surface area contributed by atoms with Crippen LogP contribution < -0.4 is 5.32 Å². The third kappa shape index (κ3) is 2.91. The molecule has 1 aromatic heterocycles. The molecule has 0 amide bonds. The Balaban J connectivity index is 1.67.